The normalized spacial score (nSPS) is 20.9. The second-order valence-corrected chi connectivity index (χ2v) is 7.77. The molecule has 0 radical (unpaired) electrons. The van der Waals surface area contributed by atoms with Crippen LogP contribution in [0.3, 0.4) is 0 Å². The number of carbonyl (C=O) groups is 2. The fourth-order valence-electron chi connectivity index (χ4n) is 3.78. The Morgan fingerprint density at radius 1 is 1.28 bits per heavy atom. The number of aliphatic hydroxyl groups is 1. The predicted octanol–water partition coefficient (Wildman–Crippen LogP) is 2.13. The number of piperidine rings is 1. The number of nitrogens with one attached hydrogen (secondary N) is 1. The van der Waals surface area contributed by atoms with Crippen molar-refractivity contribution in [3.63, 3.8) is 0 Å². The van der Waals surface area contributed by atoms with E-state index in [1.165, 1.54) is 4.90 Å². The summed E-state index contributed by atoms with van der Waals surface area (Å²) in [6, 6.07) is 3.67. The molecule has 8 nitrogen and oxygen atoms in total. The van der Waals surface area contributed by atoms with E-state index in [4.69, 9.17) is 5.11 Å². The second-order valence-electron chi connectivity index (χ2n) is 7.77. The average Bonchev–Trinajstić information content (AvgIpc) is 3.56. The Labute approximate surface area is 181 Å². The first-order valence-corrected chi connectivity index (χ1v) is 10.00. The first kappa shape index (κ1) is 23.6. The Balaban J connectivity index is 1.67. The summed E-state index contributed by atoms with van der Waals surface area (Å²) < 4.78 is 54.6. The van der Waals surface area contributed by atoms with E-state index in [1.807, 2.05) is 0 Å². The zero-order valence-corrected chi connectivity index (χ0v) is 16.9. The van der Waals surface area contributed by atoms with Gasteiger partial charge in [-0.2, -0.15) is 5.26 Å². The Kier molecular flexibility index (Phi) is 7.08. The summed E-state index contributed by atoms with van der Waals surface area (Å²) in [6.45, 7) is -0.634. The molecule has 0 spiro atoms. The lowest BCUT2D eigenvalue weighted by Crippen LogP contribution is -2.57. The molecule has 0 bridgehead atoms. The predicted molar refractivity (Wildman–Crippen MR) is 101 cm³/mol. The molecule has 1 heterocycles. The summed E-state index contributed by atoms with van der Waals surface area (Å²) in [5.74, 6) is -2.71. The van der Waals surface area contributed by atoms with Gasteiger partial charge in [0.05, 0.1) is 18.0 Å². The average molecular weight is 458 g/mol. The standard InChI is InChI=1S/C20H22F4N4O4/c21-17-6-16(32-20(22,23)24)4-1-13(17)8-26-19(31)28(14-2-3-14)15-5-12(7-25)9-27(10-15)18(30)11-29/h1,4,6,12,14-15,29H,2-3,5,8-11H2,(H,26,31)/t12-,15-/m1/s1. The number of carbonyl (C=O) groups excluding carboxylic acids is 2. The Hall–Kier alpha value is -3.07. The molecule has 2 atom stereocenters. The maximum atomic E-state index is 14.2. The molecule has 1 aromatic rings. The lowest BCUT2D eigenvalue weighted by Gasteiger charge is -2.41. The molecular formula is C20H22F4N4O4. The van der Waals surface area contributed by atoms with Crippen molar-refractivity contribution in [3.05, 3.63) is 29.6 Å². The van der Waals surface area contributed by atoms with E-state index in [-0.39, 0.29) is 31.2 Å². The van der Waals surface area contributed by atoms with Crippen molar-refractivity contribution in [2.45, 2.75) is 44.3 Å². The number of nitriles is 1. The molecule has 1 aliphatic heterocycles. The van der Waals surface area contributed by atoms with E-state index in [2.05, 4.69) is 16.1 Å². The van der Waals surface area contributed by atoms with Gasteiger partial charge < -0.3 is 25.0 Å². The van der Waals surface area contributed by atoms with Gasteiger partial charge in [0.15, 0.2) is 0 Å². The second kappa shape index (κ2) is 9.60. The highest BCUT2D eigenvalue weighted by atomic mass is 19.4. The van der Waals surface area contributed by atoms with Gasteiger partial charge in [0.1, 0.15) is 18.2 Å². The van der Waals surface area contributed by atoms with Crippen LogP contribution in [0.15, 0.2) is 18.2 Å². The van der Waals surface area contributed by atoms with Gasteiger partial charge >= 0.3 is 12.4 Å². The van der Waals surface area contributed by atoms with E-state index in [1.54, 1.807) is 4.90 Å². The van der Waals surface area contributed by atoms with Crippen LogP contribution in [-0.2, 0) is 11.3 Å². The zero-order chi connectivity index (χ0) is 23.5. The van der Waals surface area contributed by atoms with Crippen LogP contribution < -0.4 is 10.1 Å². The van der Waals surface area contributed by atoms with Crippen LogP contribution in [0.25, 0.3) is 0 Å². The minimum atomic E-state index is -4.94. The number of hydrogen-bond donors (Lipinski definition) is 2. The fourth-order valence-corrected chi connectivity index (χ4v) is 3.78. The lowest BCUT2D eigenvalue weighted by molar-refractivity contribution is -0.274. The van der Waals surface area contributed by atoms with Gasteiger partial charge in [-0.05, 0) is 25.3 Å². The number of aliphatic hydroxyl groups excluding tert-OH is 1. The molecule has 174 valence electrons. The molecule has 3 rings (SSSR count). The number of hydrogen-bond acceptors (Lipinski definition) is 5. The van der Waals surface area contributed by atoms with Crippen LogP contribution in [0, 0.1) is 23.1 Å². The molecule has 0 unspecified atom stereocenters. The van der Waals surface area contributed by atoms with Crippen molar-refractivity contribution in [2.24, 2.45) is 5.92 Å². The summed E-state index contributed by atoms with van der Waals surface area (Å²) in [5.41, 5.74) is -0.0285. The van der Waals surface area contributed by atoms with E-state index in [0.717, 1.165) is 25.0 Å². The van der Waals surface area contributed by atoms with Crippen LogP contribution in [0.2, 0.25) is 0 Å². The number of alkyl halides is 3. The third kappa shape index (κ3) is 6.00. The summed E-state index contributed by atoms with van der Waals surface area (Å²) >= 11 is 0. The molecule has 1 saturated heterocycles. The van der Waals surface area contributed by atoms with E-state index in [0.29, 0.717) is 12.5 Å². The van der Waals surface area contributed by atoms with Crippen LogP contribution in [0.5, 0.6) is 5.75 Å². The summed E-state index contributed by atoms with van der Waals surface area (Å²) in [4.78, 5) is 27.7. The summed E-state index contributed by atoms with van der Waals surface area (Å²) in [5, 5.41) is 21.1. The molecule has 1 aliphatic carbocycles. The Bertz CT molecular complexity index is 901. The number of halogens is 4. The third-order valence-electron chi connectivity index (χ3n) is 5.36. The van der Waals surface area contributed by atoms with Gasteiger partial charge in [0.2, 0.25) is 5.91 Å². The Morgan fingerprint density at radius 3 is 2.56 bits per heavy atom. The largest absolute Gasteiger partial charge is 0.573 e. The molecule has 12 heteroatoms. The molecule has 2 N–H and O–H groups in total. The minimum Gasteiger partial charge on any atom is -0.406 e. The van der Waals surface area contributed by atoms with E-state index >= 15 is 0 Å². The monoisotopic (exact) mass is 458 g/mol. The first-order chi connectivity index (χ1) is 15.1. The van der Waals surface area contributed by atoms with Crippen molar-refractivity contribution < 1.29 is 37.0 Å². The number of rotatable bonds is 6. The topological polar surface area (TPSA) is 106 Å². The molecule has 0 aromatic heterocycles. The molecule has 3 amide bonds. The molecule has 2 fully saturated rings. The van der Waals surface area contributed by atoms with Gasteiger partial charge in [-0.25, -0.2) is 9.18 Å². The van der Waals surface area contributed by atoms with Gasteiger partial charge in [-0.15, -0.1) is 13.2 Å². The number of amides is 3. The van der Waals surface area contributed by atoms with Crippen molar-refractivity contribution in [2.75, 3.05) is 19.7 Å². The summed E-state index contributed by atoms with van der Waals surface area (Å²) in [6.07, 6.45) is -3.10. The molecule has 1 aromatic carbocycles. The van der Waals surface area contributed by atoms with Crippen LogP contribution in [-0.4, -0.2) is 65.0 Å². The quantitative estimate of drug-likeness (QED) is 0.636. The number of ether oxygens (including phenoxy) is 1. The van der Waals surface area contributed by atoms with E-state index < -0.39 is 48.4 Å². The van der Waals surface area contributed by atoms with Crippen LogP contribution >= 0.6 is 0 Å². The highest BCUT2D eigenvalue weighted by Crippen LogP contribution is 2.33. The number of urea groups is 1. The first-order valence-electron chi connectivity index (χ1n) is 10.00. The number of likely N-dealkylation sites (tertiary alicyclic amines) is 1. The lowest BCUT2D eigenvalue weighted by atomic mass is 9.94. The highest BCUT2D eigenvalue weighted by molar-refractivity contribution is 5.78. The third-order valence-corrected chi connectivity index (χ3v) is 5.36. The van der Waals surface area contributed by atoms with Crippen molar-refractivity contribution in [1.29, 1.82) is 5.26 Å². The van der Waals surface area contributed by atoms with Gasteiger partial charge in [-0.1, -0.05) is 6.07 Å². The smallest absolute Gasteiger partial charge is 0.406 e. The fraction of sp³-hybridized carbons (Fsp3) is 0.550. The highest BCUT2D eigenvalue weighted by Gasteiger charge is 2.42. The zero-order valence-electron chi connectivity index (χ0n) is 16.9. The molecule has 32 heavy (non-hydrogen) atoms. The van der Waals surface area contributed by atoms with Crippen molar-refractivity contribution >= 4 is 11.9 Å². The van der Waals surface area contributed by atoms with Crippen LogP contribution in [0.1, 0.15) is 24.8 Å². The van der Waals surface area contributed by atoms with Crippen molar-refractivity contribution in [3.8, 4) is 11.8 Å². The van der Waals surface area contributed by atoms with Crippen LogP contribution in [0.4, 0.5) is 22.4 Å². The minimum absolute atomic E-state index is 0.0285. The maximum Gasteiger partial charge on any atom is 0.573 e. The van der Waals surface area contributed by atoms with E-state index in [9.17, 15) is 32.4 Å². The van der Waals surface area contributed by atoms with Gasteiger partial charge in [0.25, 0.3) is 0 Å². The molecular weight excluding hydrogens is 436 g/mol. The maximum absolute atomic E-state index is 14.2. The molecule has 1 saturated carbocycles. The number of nitrogens with zero attached hydrogens (tertiary/aromatic N) is 3. The van der Waals surface area contributed by atoms with Gasteiger partial charge in [0, 0.05) is 37.3 Å². The summed E-state index contributed by atoms with van der Waals surface area (Å²) in [7, 11) is 0. The number of benzene rings is 1. The molecule has 2 aliphatic rings. The Morgan fingerprint density at radius 2 is 2.00 bits per heavy atom. The van der Waals surface area contributed by atoms with Crippen molar-refractivity contribution in [1.82, 2.24) is 15.1 Å². The SMILES string of the molecule is N#C[C@H]1C[C@@H](N(C(=O)NCc2ccc(OC(F)(F)F)cc2F)C2CC2)CN(C(=O)CO)C1. The van der Waals surface area contributed by atoms with Gasteiger partial charge in [-0.3, -0.25) is 4.79 Å².